The van der Waals surface area contributed by atoms with Gasteiger partial charge in [-0.25, -0.2) is 13.6 Å². The van der Waals surface area contributed by atoms with Crippen LogP contribution in [0.2, 0.25) is 0 Å². The van der Waals surface area contributed by atoms with E-state index < -0.39 is 24.8 Å². The minimum Gasteiger partial charge on any atom is -0.475 e. The number of aromatic nitrogens is 1. The minimum absolute atomic E-state index is 0.266. The normalized spacial score (nSPS) is 10.4. The number of ether oxygens (including phenoxy) is 1. The average Bonchev–Trinajstić information content (AvgIpc) is 2.48. The number of carbonyl (C=O) groups is 1. The summed E-state index contributed by atoms with van der Waals surface area (Å²) < 4.78 is 31.8. The van der Waals surface area contributed by atoms with Crippen molar-refractivity contribution in [2.45, 2.75) is 6.43 Å². The highest BCUT2D eigenvalue weighted by Crippen LogP contribution is 2.11. The van der Waals surface area contributed by atoms with Gasteiger partial charge < -0.3 is 14.4 Å². The van der Waals surface area contributed by atoms with Gasteiger partial charge in [0.1, 0.15) is 0 Å². The Labute approximate surface area is 70.9 Å². The Hall–Kier alpha value is -1.66. The molecule has 72 valence electrons. The van der Waals surface area contributed by atoms with Crippen molar-refractivity contribution < 1.29 is 27.9 Å². The second-order valence-corrected chi connectivity index (χ2v) is 2.04. The zero-order chi connectivity index (χ0) is 9.84. The molecule has 0 saturated heterocycles. The maximum absolute atomic E-state index is 11.6. The number of nitrogens with zero attached hydrogens (tertiary/aromatic N) is 1. The number of alkyl halides is 2. The Morgan fingerprint density at radius 2 is 2.46 bits per heavy atom. The molecule has 5 nitrogen and oxygen atoms in total. The fraction of sp³-hybridized carbons (Fsp3) is 0.333. The van der Waals surface area contributed by atoms with Crippen LogP contribution in [0.3, 0.4) is 0 Å². The molecule has 0 aromatic carbocycles. The van der Waals surface area contributed by atoms with E-state index >= 15 is 0 Å². The van der Waals surface area contributed by atoms with Gasteiger partial charge in [-0.05, 0) is 5.16 Å². The van der Waals surface area contributed by atoms with E-state index in [1.807, 2.05) is 0 Å². The van der Waals surface area contributed by atoms with E-state index in [2.05, 4.69) is 14.4 Å². The highest BCUT2D eigenvalue weighted by Gasteiger charge is 2.13. The van der Waals surface area contributed by atoms with Crippen molar-refractivity contribution in [2.24, 2.45) is 0 Å². The third-order valence-electron chi connectivity index (χ3n) is 1.06. The summed E-state index contributed by atoms with van der Waals surface area (Å²) in [5, 5.41) is 11.4. The summed E-state index contributed by atoms with van der Waals surface area (Å²) >= 11 is 0. The topological polar surface area (TPSA) is 72.6 Å². The van der Waals surface area contributed by atoms with E-state index in [0.717, 1.165) is 6.07 Å². The summed E-state index contributed by atoms with van der Waals surface area (Å²) in [7, 11) is 0. The van der Waals surface area contributed by atoms with Gasteiger partial charge in [-0.3, -0.25) is 0 Å². The summed E-state index contributed by atoms with van der Waals surface area (Å²) in [5.74, 6) is -2.05. The highest BCUT2D eigenvalue weighted by atomic mass is 19.3. The van der Waals surface area contributed by atoms with Crippen molar-refractivity contribution in [2.75, 3.05) is 6.61 Å². The molecule has 0 amide bonds. The zero-order valence-electron chi connectivity index (χ0n) is 6.24. The maximum Gasteiger partial charge on any atom is 0.374 e. The van der Waals surface area contributed by atoms with Gasteiger partial charge >= 0.3 is 5.97 Å². The molecule has 7 heteroatoms. The van der Waals surface area contributed by atoms with Crippen LogP contribution in [-0.2, 0) is 0 Å². The SMILES string of the molecule is O=C(O)c1cc(OCC(F)F)no1. The predicted molar refractivity (Wildman–Crippen MR) is 35.0 cm³/mol. The standard InChI is InChI=1S/C6H5F2NO4/c7-4(8)2-12-5-1-3(6(10)11)13-9-5/h1,4H,2H2,(H,10,11). The monoisotopic (exact) mass is 193 g/mol. The molecule has 13 heavy (non-hydrogen) atoms. The first kappa shape index (κ1) is 9.43. The molecule has 1 aromatic rings. The van der Waals surface area contributed by atoms with Gasteiger partial charge in [-0.15, -0.1) is 0 Å². The van der Waals surface area contributed by atoms with Crippen LogP contribution in [0.4, 0.5) is 8.78 Å². The molecule has 0 radical (unpaired) electrons. The number of rotatable bonds is 4. The Morgan fingerprint density at radius 1 is 1.77 bits per heavy atom. The molecule has 0 bridgehead atoms. The molecule has 0 saturated carbocycles. The molecule has 1 N–H and O–H groups in total. The largest absolute Gasteiger partial charge is 0.475 e. The van der Waals surface area contributed by atoms with Crippen LogP contribution in [0.1, 0.15) is 10.6 Å². The van der Waals surface area contributed by atoms with Gasteiger partial charge in [0, 0.05) is 0 Å². The molecule has 1 aromatic heterocycles. The van der Waals surface area contributed by atoms with Crippen LogP contribution in [0.5, 0.6) is 5.88 Å². The van der Waals surface area contributed by atoms with Crippen LogP contribution in [0.25, 0.3) is 0 Å². The third kappa shape index (κ3) is 2.69. The Morgan fingerprint density at radius 3 is 2.92 bits per heavy atom. The molecule has 1 heterocycles. The van der Waals surface area contributed by atoms with Gasteiger partial charge in [0.25, 0.3) is 12.3 Å². The molecule has 0 unspecified atom stereocenters. The number of halogens is 2. The molecular weight excluding hydrogens is 188 g/mol. The number of carboxylic acid groups (broad SMARTS) is 1. The van der Waals surface area contributed by atoms with Crippen LogP contribution < -0.4 is 4.74 Å². The Balaban J connectivity index is 2.54. The van der Waals surface area contributed by atoms with Crippen molar-refractivity contribution in [1.29, 1.82) is 0 Å². The second-order valence-electron chi connectivity index (χ2n) is 2.04. The van der Waals surface area contributed by atoms with Gasteiger partial charge in [-0.1, -0.05) is 0 Å². The lowest BCUT2D eigenvalue weighted by Gasteiger charge is -1.97. The fourth-order valence-electron chi connectivity index (χ4n) is 0.576. The molecular formula is C6H5F2NO4. The van der Waals surface area contributed by atoms with E-state index in [0.29, 0.717) is 0 Å². The molecule has 0 spiro atoms. The van der Waals surface area contributed by atoms with Gasteiger partial charge in [0.05, 0.1) is 6.07 Å². The Kier molecular flexibility index (Phi) is 2.78. The summed E-state index contributed by atoms with van der Waals surface area (Å²) in [6.07, 6.45) is -2.63. The van der Waals surface area contributed by atoms with E-state index in [1.165, 1.54) is 0 Å². The number of carboxylic acids is 1. The van der Waals surface area contributed by atoms with E-state index in [9.17, 15) is 13.6 Å². The number of aromatic carboxylic acids is 1. The van der Waals surface area contributed by atoms with Gasteiger partial charge in [-0.2, -0.15) is 0 Å². The van der Waals surface area contributed by atoms with E-state index in [-0.39, 0.29) is 5.88 Å². The number of hydrogen-bond acceptors (Lipinski definition) is 4. The second kappa shape index (κ2) is 3.83. The average molecular weight is 193 g/mol. The smallest absolute Gasteiger partial charge is 0.374 e. The van der Waals surface area contributed by atoms with Crippen molar-refractivity contribution >= 4 is 5.97 Å². The third-order valence-corrected chi connectivity index (χ3v) is 1.06. The minimum atomic E-state index is -2.63. The molecule has 0 fully saturated rings. The fourth-order valence-corrected chi connectivity index (χ4v) is 0.576. The van der Waals surface area contributed by atoms with Crippen molar-refractivity contribution in [3.05, 3.63) is 11.8 Å². The van der Waals surface area contributed by atoms with Gasteiger partial charge in [0.15, 0.2) is 6.61 Å². The Bertz CT molecular complexity index is 299. The van der Waals surface area contributed by atoms with Crippen LogP contribution in [0, 0.1) is 0 Å². The summed E-state index contributed by atoms with van der Waals surface area (Å²) in [5.41, 5.74) is 0. The first-order valence-electron chi connectivity index (χ1n) is 3.20. The zero-order valence-corrected chi connectivity index (χ0v) is 6.24. The van der Waals surface area contributed by atoms with Crippen molar-refractivity contribution in [3.63, 3.8) is 0 Å². The van der Waals surface area contributed by atoms with Crippen LogP contribution in [-0.4, -0.2) is 29.3 Å². The predicted octanol–water partition coefficient (Wildman–Crippen LogP) is 1.02. The highest BCUT2D eigenvalue weighted by molar-refractivity contribution is 5.84. The summed E-state index contributed by atoms with van der Waals surface area (Å²) in [6.45, 7) is -0.842. The lowest BCUT2D eigenvalue weighted by atomic mass is 10.5. The maximum atomic E-state index is 11.6. The quantitative estimate of drug-likeness (QED) is 0.772. The van der Waals surface area contributed by atoms with Crippen molar-refractivity contribution in [1.82, 2.24) is 5.16 Å². The molecule has 0 aliphatic heterocycles. The van der Waals surface area contributed by atoms with Crippen LogP contribution >= 0.6 is 0 Å². The van der Waals surface area contributed by atoms with E-state index in [1.54, 1.807) is 0 Å². The van der Waals surface area contributed by atoms with E-state index in [4.69, 9.17) is 5.11 Å². The molecule has 0 atom stereocenters. The molecule has 1 rings (SSSR count). The van der Waals surface area contributed by atoms with Crippen molar-refractivity contribution in [3.8, 4) is 5.88 Å². The molecule has 0 aliphatic rings. The summed E-state index contributed by atoms with van der Waals surface area (Å²) in [6, 6.07) is 0.921. The first-order valence-corrected chi connectivity index (χ1v) is 3.20. The lowest BCUT2D eigenvalue weighted by molar-refractivity contribution is 0.0647. The molecule has 0 aliphatic carbocycles. The summed E-state index contributed by atoms with van der Waals surface area (Å²) in [4.78, 5) is 10.2. The van der Waals surface area contributed by atoms with Gasteiger partial charge in [0.2, 0.25) is 5.76 Å². The first-order chi connectivity index (χ1) is 6.09. The lowest BCUT2D eigenvalue weighted by Crippen LogP contribution is -2.06. The number of hydrogen-bond donors (Lipinski definition) is 1. The van der Waals surface area contributed by atoms with Crippen LogP contribution in [0.15, 0.2) is 10.6 Å².